The SMILES string of the molecule is Cc1ccc(S(=O)(=O)c2ccc(Br)cc2)cc1S(=O)(=O)NC1CCOCC1. The molecule has 0 bridgehead atoms. The van der Waals surface area contributed by atoms with Crippen molar-refractivity contribution in [3.63, 3.8) is 0 Å². The van der Waals surface area contributed by atoms with E-state index in [9.17, 15) is 16.8 Å². The van der Waals surface area contributed by atoms with E-state index >= 15 is 0 Å². The van der Waals surface area contributed by atoms with E-state index in [1.807, 2.05) is 0 Å². The van der Waals surface area contributed by atoms with E-state index in [2.05, 4.69) is 20.7 Å². The maximum absolute atomic E-state index is 12.9. The smallest absolute Gasteiger partial charge is 0.241 e. The zero-order valence-corrected chi connectivity index (χ0v) is 17.9. The van der Waals surface area contributed by atoms with Gasteiger partial charge in [0, 0.05) is 23.7 Å². The van der Waals surface area contributed by atoms with E-state index in [1.165, 1.54) is 30.3 Å². The Kier molecular flexibility index (Phi) is 6.07. The second-order valence-electron chi connectivity index (χ2n) is 6.39. The van der Waals surface area contributed by atoms with Crippen LogP contribution in [0.15, 0.2) is 61.6 Å². The molecule has 0 aromatic heterocycles. The molecule has 0 aliphatic carbocycles. The van der Waals surface area contributed by atoms with Gasteiger partial charge in [-0.25, -0.2) is 21.6 Å². The van der Waals surface area contributed by atoms with Crippen LogP contribution in [0.4, 0.5) is 0 Å². The normalized spacial score (nSPS) is 16.4. The average Bonchev–Trinajstić information content (AvgIpc) is 2.62. The van der Waals surface area contributed by atoms with Crippen molar-refractivity contribution in [2.45, 2.75) is 40.5 Å². The molecule has 1 N–H and O–H groups in total. The molecule has 2 aromatic carbocycles. The first-order valence-electron chi connectivity index (χ1n) is 8.41. The first-order chi connectivity index (χ1) is 12.7. The molecule has 0 amide bonds. The fourth-order valence-electron chi connectivity index (χ4n) is 2.89. The Morgan fingerprint density at radius 1 is 0.963 bits per heavy atom. The Morgan fingerprint density at radius 3 is 2.19 bits per heavy atom. The molecule has 0 unspecified atom stereocenters. The molecule has 1 fully saturated rings. The summed E-state index contributed by atoms with van der Waals surface area (Å²) in [6.07, 6.45) is 1.18. The van der Waals surface area contributed by atoms with Crippen molar-refractivity contribution in [3.8, 4) is 0 Å². The van der Waals surface area contributed by atoms with Crippen LogP contribution in [-0.2, 0) is 24.6 Å². The fourth-order valence-corrected chi connectivity index (χ4v) is 6.09. The van der Waals surface area contributed by atoms with Gasteiger partial charge in [-0.1, -0.05) is 22.0 Å². The van der Waals surface area contributed by atoms with Crippen molar-refractivity contribution in [1.29, 1.82) is 0 Å². The Hall–Kier alpha value is -1.26. The minimum atomic E-state index is -3.84. The summed E-state index contributed by atoms with van der Waals surface area (Å²) in [6, 6.07) is 10.2. The number of ether oxygens (including phenoxy) is 1. The van der Waals surface area contributed by atoms with E-state index in [-0.39, 0.29) is 20.7 Å². The van der Waals surface area contributed by atoms with Crippen LogP contribution in [0.1, 0.15) is 18.4 Å². The van der Waals surface area contributed by atoms with E-state index in [0.29, 0.717) is 31.6 Å². The van der Waals surface area contributed by atoms with Crippen molar-refractivity contribution in [2.24, 2.45) is 0 Å². The number of sulfonamides is 1. The lowest BCUT2D eigenvalue weighted by atomic mass is 10.1. The van der Waals surface area contributed by atoms with Crippen LogP contribution in [-0.4, -0.2) is 36.1 Å². The predicted octanol–water partition coefficient (Wildman–Crippen LogP) is 3.05. The molecule has 27 heavy (non-hydrogen) atoms. The number of aryl methyl sites for hydroxylation is 1. The van der Waals surface area contributed by atoms with E-state index in [1.54, 1.807) is 19.1 Å². The van der Waals surface area contributed by atoms with Crippen LogP contribution in [0.2, 0.25) is 0 Å². The summed E-state index contributed by atoms with van der Waals surface area (Å²) in [4.78, 5) is 0.0326. The summed E-state index contributed by atoms with van der Waals surface area (Å²) >= 11 is 3.27. The highest BCUT2D eigenvalue weighted by molar-refractivity contribution is 9.10. The van der Waals surface area contributed by atoms with Crippen LogP contribution in [0.25, 0.3) is 0 Å². The lowest BCUT2D eigenvalue weighted by Gasteiger charge is -2.23. The summed E-state index contributed by atoms with van der Waals surface area (Å²) < 4.78 is 60.1. The monoisotopic (exact) mass is 473 g/mol. The molecule has 146 valence electrons. The third-order valence-corrected chi connectivity index (χ3v) is 8.38. The van der Waals surface area contributed by atoms with Gasteiger partial charge >= 0.3 is 0 Å². The number of halogens is 1. The molecule has 3 rings (SSSR count). The van der Waals surface area contributed by atoms with Crippen LogP contribution >= 0.6 is 15.9 Å². The second kappa shape index (κ2) is 8.00. The Balaban J connectivity index is 1.97. The first-order valence-corrected chi connectivity index (χ1v) is 12.2. The molecule has 1 saturated heterocycles. The molecule has 1 heterocycles. The van der Waals surface area contributed by atoms with Gasteiger partial charge in [0.05, 0.1) is 14.7 Å². The minimum absolute atomic E-state index is 0.0211. The van der Waals surface area contributed by atoms with Gasteiger partial charge in [-0.15, -0.1) is 0 Å². The second-order valence-corrected chi connectivity index (χ2v) is 10.9. The van der Waals surface area contributed by atoms with Crippen molar-refractivity contribution in [1.82, 2.24) is 4.72 Å². The highest BCUT2D eigenvalue weighted by atomic mass is 79.9. The van der Waals surface area contributed by atoms with Gasteiger partial charge in [0.15, 0.2) is 0 Å². The zero-order chi connectivity index (χ0) is 19.7. The van der Waals surface area contributed by atoms with Gasteiger partial charge in [-0.3, -0.25) is 0 Å². The number of hydrogen-bond acceptors (Lipinski definition) is 5. The van der Waals surface area contributed by atoms with Gasteiger partial charge in [-0.05, 0) is 61.7 Å². The maximum Gasteiger partial charge on any atom is 0.241 e. The van der Waals surface area contributed by atoms with Crippen molar-refractivity contribution in [3.05, 3.63) is 52.5 Å². The van der Waals surface area contributed by atoms with E-state index < -0.39 is 19.9 Å². The van der Waals surface area contributed by atoms with Gasteiger partial charge < -0.3 is 4.74 Å². The lowest BCUT2D eigenvalue weighted by Crippen LogP contribution is -2.39. The first kappa shape index (κ1) is 20.5. The molecule has 0 atom stereocenters. The summed E-state index contributed by atoms with van der Waals surface area (Å²) in [6.45, 7) is 2.66. The maximum atomic E-state index is 12.9. The highest BCUT2D eigenvalue weighted by Crippen LogP contribution is 2.27. The van der Waals surface area contributed by atoms with Gasteiger partial charge in [-0.2, -0.15) is 0 Å². The van der Waals surface area contributed by atoms with Gasteiger partial charge in [0.2, 0.25) is 19.9 Å². The van der Waals surface area contributed by atoms with E-state index in [0.717, 1.165) is 4.47 Å². The van der Waals surface area contributed by atoms with Crippen molar-refractivity contribution < 1.29 is 21.6 Å². The highest BCUT2D eigenvalue weighted by Gasteiger charge is 2.26. The van der Waals surface area contributed by atoms with Gasteiger partial charge in [0.25, 0.3) is 0 Å². The van der Waals surface area contributed by atoms with E-state index in [4.69, 9.17) is 4.74 Å². The topological polar surface area (TPSA) is 89.5 Å². The van der Waals surface area contributed by atoms with Crippen LogP contribution in [0, 0.1) is 6.92 Å². The summed E-state index contributed by atoms with van der Waals surface area (Å²) in [7, 11) is -7.66. The quantitative estimate of drug-likeness (QED) is 0.720. The van der Waals surface area contributed by atoms with Crippen LogP contribution in [0.5, 0.6) is 0 Å². The average molecular weight is 474 g/mol. The molecule has 1 aliphatic heterocycles. The third-order valence-electron chi connectivity index (χ3n) is 4.43. The molecular formula is C18H20BrNO5S2. The molecule has 6 nitrogen and oxygen atoms in total. The number of benzene rings is 2. The molecule has 2 aromatic rings. The van der Waals surface area contributed by atoms with Gasteiger partial charge in [0.1, 0.15) is 0 Å². The summed E-state index contributed by atoms with van der Waals surface area (Å²) in [5.74, 6) is 0. The molecular weight excluding hydrogens is 454 g/mol. The number of sulfone groups is 1. The Morgan fingerprint density at radius 2 is 1.56 bits per heavy atom. The number of rotatable bonds is 5. The minimum Gasteiger partial charge on any atom is -0.381 e. The Labute approximate surface area is 168 Å². The fraction of sp³-hybridized carbons (Fsp3) is 0.333. The molecule has 9 heteroatoms. The third kappa shape index (κ3) is 4.60. The molecule has 0 radical (unpaired) electrons. The predicted molar refractivity (Wildman–Crippen MR) is 105 cm³/mol. The molecule has 1 aliphatic rings. The zero-order valence-electron chi connectivity index (χ0n) is 14.7. The Bertz CT molecular complexity index is 1030. The number of hydrogen-bond donors (Lipinski definition) is 1. The lowest BCUT2D eigenvalue weighted by molar-refractivity contribution is 0.0832. The van der Waals surface area contributed by atoms with Crippen molar-refractivity contribution >= 4 is 35.8 Å². The van der Waals surface area contributed by atoms with Crippen LogP contribution < -0.4 is 4.72 Å². The van der Waals surface area contributed by atoms with Crippen LogP contribution in [0.3, 0.4) is 0 Å². The largest absolute Gasteiger partial charge is 0.381 e. The molecule has 0 spiro atoms. The summed E-state index contributed by atoms with van der Waals surface area (Å²) in [5, 5.41) is 0. The summed E-state index contributed by atoms with van der Waals surface area (Å²) in [5.41, 5.74) is 0.490. The molecule has 0 saturated carbocycles. The number of nitrogens with one attached hydrogen (secondary N) is 1. The van der Waals surface area contributed by atoms with Crippen molar-refractivity contribution in [2.75, 3.05) is 13.2 Å². The standard InChI is InChI=1S/C18H20BrNO5S2/c1-13-2-5-17(26(21,22)16-6-3-14(19)4-7-16)12-18(13)27(23,24)20-15-8-10-25-11-9-15/h2-7,12,15,20H,8-11H2,1H3.